The number of amides is 1. The molecule has 2 aromatic rings. The molecule has 1 amide bonds. The van der Waals surface area contributed by atoms with Crippen LogP contribution >= 0.6 is 0 Å². The molecule has 1 saturated heterocycles. The van der Waals surface area contributed by atoms with Crippen LogP contribution < -0.4 is 5.32 Å². The number of nitrogens with one attached hydrogen (secondary N) is 1. The minimum atomic E-state index is -4.34. The van der Waals surface area contributed by atoms with Gasteiger partial charge in [0.25, 0.3) is 5.91 Å². The zero-order valence-corrected chi connectivity index (χ0v) is 14.6. The van der Waals surface area contributed by atoms with E-state index in [1.165, 1.54) is 36.4 Å². The molecule has 27 heavy (non-hydrogen) atoms. The largest absolute Gasteiger partial charge is 0.416 e. The quantitative estimate of drug-likeness (QED) is 0.805. The van der Waals surface area contributed by atoms with Crippen LogP contribution in [0.1, 0.15) is 34.3 Å². The molecule has 1 fully saturated rings. The molecule has 1 aliphatic rings. The van der Waals surface area contributed by atoms with Crippen molar-refractivity contribution in [3.63, 3.8) is 0 Å². The fourth-order valence-corrected chi connectivity index (χ4v) is 3.21. The van der Waals surface area contributed by atoms with E-state index in [1.54, 1.807) is 6.07 Å². The van der Waals surface area contributed by atoms with Gasteiger partial charge < -0.3 is 5.32 Å². The summed E-state index contributed by atoms with van der Waals surface area (Å²) in [5.41, 5.74) is 0.392. The highest BCUT2D eigenvalue weighted by atomic mass is 19.4. The molecule has 7 heteroatoms. The Balaban J connectivity index is 1.50. The van der Waals surface area contributed by atoms with Crippen molar-refractivity contribution in [2.24, 2.45) is 0 Å². The topological polar surface area (TPSA) is 32.3 Å². The Kier molecular flexibility index (Phi) is 5.79. The van der Waals surface area contributed by atoms with Crippen LogP contribution in [0, 0.1) is 5.82 Å². The second-order valence-electron chi connectivity index (χ2n) is 6.73. The summed E-state index contributed by atoms with van der Waals surface area (Å²) in [7, 11) is 0. The van der Waals surface area contributed by atoms with Crippen LogP contribution in [0.2, 0.25) is 0 Å². The Labute approximate surface area is 155 Å². The summed E-state index contributed by atoms with van der Waals surface area (Å²) in [6.45, 7) is 1.82. The number of alkyl halides is 3. The molecule has 2 aromatic carbocycles. The van der Waals surface area contributed by atoms with Crippen molar-refractivity contribution in [1.29, 1.82) is 0 Å². The second kappa shape index (κ2) is 8.08. The molecule has 3 rings (SSSR count). The summed E-state index contributed by atoms with van der Waals surface area (Å²) in [6.07, 6.45) is -2.91. The monoisotopic (exact) mass is 380 g/mol. The average molecular weight is 380 g/mol. The van der Waals surface area contributed by atoms with E-state index in [9.17, 15) is 22.4 Å². The zero-order valence-electron chi connectivity index (χ0n) is 14.6. The Bertz CT molecular complexity index is 781. The molecule has 0 aliphatic carbocycles. The van der Waals surface area contributed by atoms with Crippen LogP contribution in [-0.2, 0) is 12.7 Å². The lowest BCUT2D eigenvalue weighted by Crippen LogP contribution is -2.44. The Hall–Kier alpha value is -2.41. The molecule has 0 radical (unpaired) electrons. The second-order valence-corrected chi connectivity index (χ2v) is 6.73. The van der Waals surface area contributed by atoms with Gasteiger partial charge >= 0.3 is 6.18 Å². The van der Waals surface area contributed by atoms with Gasteiger partial charge in [-0.25, -0.2) is 4.39 Å². The number of likely N-dealkylation sites (tertiary alicyclic amines) is 1. The van der Waals surface area contributed by atoms with E-state index < -0.39 is 17.6 Å². The van der Waals surface area contributed by atoms with Gasteiger partial charge in [0.05, 0.1) is 5.56 Å². The first-order valence-electron chi connectivity index (χ1n) is 8.76. The van der Waals surface area contributed by atoms with Crippen LogP contribution in [0.15, 0.2) is 48.5 Å². The van der Waals surface area contributed by atoms with Crippen LogP contribution in [0.25, 0.3) is 0 Å². The number of piperidine rings is 1. The fraction of sp³-hybridized carbons (Fsp3) is 0.350. The molecule has 0 aromatic heterocycles. The molecule has 144 valence electrons. The molecule has 0 saturated carbocycles. The minimum Gasteiger partial charge on any atom is -0.349 e. The summed E-state index contributed by atoms with van der Waals surface area (Å²) in [6, 6.07) is 10.7. The van der Waals surface area contributed by atoms with E-state index in [0.717, 1.165) is 6.07 Å². The highest BCUT2D eigenvalue weighted by Gasteiger charge is 2.30. The van der Waals surface area contributed by atoms with Crippen molar-refractivity contribution in [2.45, 2.75) is 31.6 Å². The van der Waals surface area contributed by atoms with Crippen molar-refractivity contribution in [1.82, 2.24) is 10.2 Å². The van der Waals surface area contributed by atoms with E-state index in [1.807, 2.05) is 0 Å². The molecule has 0 spiro atoms. The molecule has 0 atom stereocenters. The van der Waals surface area contributed by atoms with Gasteiger partial charge in [0, 0.05) is 31.2 Å². The van der Waals surface area contributed by atoms with Gasteiger partial charge in [-0.1, -0.05) is 18.2 Å². The summed E-state index contributed by atoms with van der Waals surface area (Å²) in [5, 5.41) is 2.93. The maximum absolute atomic E-state index is 12.9. The number of carbonyl (C=O) groups excluding carboxylic acids is 1. The highest BCUT2D eigenvalue weighted by Crippen LogP contribution is 2.30. The average Bonchev–Trinajstić information content (AvgIpc) is 2.63. The van der Waals surface area contributed by atoms with E-state index in [-0.39, 0.29) is 11.9 Å². The third-order valence-corrected chi connectivity index (χ3v) is 4.69. The van der Waals surface area contributed by atoms with Gasteiger partial charge in [-0.15, -0.1) is 0 Å². The summed E-state index contributed by atoms with van der Waals surface area (Å²) in [5.74, 6) is -0.638. The predicted molar refractivity (Wildman–Crippen MR) is 93.6 cm³/mol. The zero-order chi connectivity index (χ0) is 19.4. The summed E-state index contributed by atoms with van der Waals surface area (Å²) < 4.78 is 51.3. The molecular formula is C20H20F4N2O. The van der Waals surface area contributed by atoms with E-state index in [4.69, 9.17) is 0 Å². The fourth-order valence-electron chi connectivity index (χ4n) is 3.21. The molecule has 1 N–H and O–H groups in total. The predicted octanol–water partition coefficient (Wildman–Crippen LogP) is 4.24. The maximum atomic E-state index is 12.9. The van der Waals surface area contributed by atoms with Gasteiger partial charge in [0.1, 0.15) is 5.82 Å². The van der Waals surface area contributed by atoms with Crippen molar-refractivity contribution in [3.8, 4) is 0 Å². The smallest absolute Gasteiger partial charge is 0.349 e. The number of carbonyl (C=O) groups is 1. The SMILES string of the molecule is O=C(NC1CCN(Cc2cccc(C(F)(F)F)c2)CC1)c1ccc(F)cc1. The minimum absolute atomic E-state index is 0.000289. The third-order valence-electron chi connectivity index (χ3n) is 4.69. The molecular weight excluding hydrogens is 360 g/mol. The van der Waals surface area contributed by atoms with Crippen molar-refractivity contribution in [3.05, 3.63) is 71.0 Å². The van der Waals surface area contributed by atoms with Crippen LogP contribution in [0.4, 0.5) is 17.6 Å². The lowest BCUT2D eigenvalue weighted by atomic mass is 10.0. The number of halogens is 4. The maximum Gasteiger partial charge on any atom is 0.416 e. The number of rotatable bonds is 4. The van der Waals surface area contributed by atoms with E-state index >= 15 is 0 Å². The van der Waals surface area contributed by atoms with Crippen molar-refractivity contribution in [2.75, 3.05) is 13.1 Å². The number of hydrogen-bond donors (Lipinski definition) is 1. The van der Waals surface area contributed by atoms with Gasteiger partial charge in [-0.05, 0) is 48.7 Å². The Morgan fingerprint density at radius 1 is 1.07 bits per heavy atom. The van der Waals surface area contributed by atoms with Crippen LogP contribution in [0.3, 0.4) is 0 Å². The highest BCUT2D eigenvalue weighted by molar-refractivity contribution is 5.94. The van der Waals surface area contributed by atoms with Crippen LogP contribution in [0.5, 0.6) is 0 Å². The lowest BCUT2D eigenvalue weighted by molar-refractivity contribution is -0.137. The Morgan fingerprint density at radius 3 is 2.37 bits per heavy atom. The van der Waals surface area contributed by atoms with E-state index in [2.05, 4.69) is 10.2 Å². The van der Waals surface area contributed by atoms with Crippen LogP contribution in [-0.4, -0.2) is 29.9 Å². The summed E-state index contributed by atoms with van der Waals surface area (Å²) in [4.78, 5) is 14.3. The molecule has 0 unspecified atom stereocenters. The number of nitrogens with zero attached hydrogens (tertiary/aromatic N) is 1. The lowest BCUT2D eigenvalue weighted by Gasteiger charge is -2.32. The number of hydrogen-bond acceptors (Lipinski definition) is 2. The van der Waals surface area contributed by atoms with Crippen molar-refractivity contribution >= 4 is 5.91 Å². The number of benzene rings is 2. The molecule has 0 bridgehead atoms. The van der Waals surface area contributed by atoms with E-state index in [0.29, 0.717) is 43.6 Å². The van der Waals surface area contributed by atoms with Gasteiger partial charge in [0.2, 0.25) is 0 Å². The molecule has 1 aliphatic heterocycles. The third kappa shape index (κ3) is 5.29. The normalized spacial score (nSPS) is 16.3. The molecule has 3 nitrogen and oxygen atoms in total. The summed E-state index contributed by atoms with van der Waals surface area (Å²) >= 11 is 0. The standard InChI is InChI=1S/C20H20F4N2O/c21-17-6-4-15(5-7-17)19(27)25-18-8-10-26(11-9-18)13-14-2-1-3-16(12-14)20(22,23)24/h1-7,12,18H,8-11,13H2,(H,25,27). The van der Waals surface area contributed by atoms with Gasteiger partial charge in [0.15, 0.2) is 0 Å². The Morgan fingerprint density at radius 2 is 1.74 bits per heavy atom. The van der Waals surface area contributed by atoms with Gasteiger partial charge in [-0.2, -0.15) is 13.2 Å². The first kappa shape index (κ1) is 19.4. The van der Waals surface area contributed by atoms with Gasteiger partial charge in [-0.3, -0.25) is 9.69 Å². The van der Waals surface area contributed by atoms with Crippen molar-refractivity contribution < 1.29 is 22.4 Å². The first-order chi connectivity index (χ1) is 12.8. The first-order valence-corrected chi connectivity index (χ1v) is 8.76. The molecule has 1 heterocycles.